The van der Waals surface area contributed by atoms with Gasteiger partial charge in [0.1, 0.15) is 11.6 Å². The zero-order valence-corrected chi connectivity index (χ0v) is 13.1. The molecule has 0 unspecified atom stereocenters. The molecule has 3 nitrogen and oxygen atoms in total. The third-order valence-electron chi connectivity index (χ3n) is 3.49. The van der Waals surface area contributed by atoms with Gasteiger partial charge >= 0.3 is 0 Å². The van der Waals surface area contributed by atoms with E-state index in [2.05, 4.69) is 10.6 Å². The van der Waals surface area contributed by atoms with Gasteiger partial charge in [-0.15, -0.1) is 0 Å². The summed E-state index contributed by atoms with van der Waals surface area (Å²) in [6, 6.07) is 11.9. The Hall–Kier alpha value is -2.27. The molecule has 0 saturated carbocycles. The highest BCUT2D eigenvalue weighted by Crippen LogP contribution is 2.21. The van der Waals surface area contributed by atoms with Crippen molar-refractivity contribution in [3.8, 4) is 0 Å². The van der Waals surface area contributed by atoms with Gasteiger partial charge in [-0.3, -0.25) is 4.79 Å². The van der Waals surface area contributed by atoms with Crippen molar-refractivity contribution >= 4 is 11.6 Å². The highest BCUT2D eigenvalue weighted by molar-refractivity contribution is 5.92. The number of amides is 1. The van der Waals surface area contributed by atoms with E-state index in [1.165, 1.54) is 30.3 Å². The molecule has 0 aromatic heterocycles. The predicted molar refractivity (Wildman–Crippen MR) is 87.0 cm³/mol. The fraction of sp³-hybridized carbons (Fsp3) is 0.278. The van der Waals surface area contributed by atoms with Crippen LogP contribution < -0.4 is 10.6 Å². The van der Waals surface area contributed by atoms with Crippen LogP contribution in [0.1, 0.15) is 25.5 Å². The lowest BCUT2D eigenvalue weighted by molar-refractivity contribution is -0.115. The first-order valence-electron chi connectivity index (χ1n) is 7.50. The molecule has 0 aliphatic rings. The van der Waals surface area contributed by atoms with E-state index < -0.39 is 5.82 Å². The molecule has 0 aliphatic carbocycles. The number of carbonyl (C=O) groups excluding carboxylic acids is 1. The minimum absolute atomic E-state index is 0.0751. The summed E-state index contributed by atoms with van der Waals surface area (Å²) in [6.07, 6.45) is 0. The topological polar surface area (TPSA) is 41.1 Å². The monoisotopic (exact) mass is 318 g/mol. The Bertz CT molecular complexity index is 656. The molecule has 2 rings (SSSR count). The first-order chi connectivity index (χ1) is 11.0. The zero-order valence-electron chi connectivity index (χ0n) is 13.1. The molecule has 0 heterocycles. The van der Waals surface area contributed by atoms with Gasteiger partial charge in [0.05, 0.1) is 6.54 Å². The molecule has 0 radical (unpaired) electrons. The Kier molecular flexibility index (Phi) is 5.82. The molecule has 0 fully saturated rings. The van der Waals surface area contributed by atoms with Gasteiger partial charge in [0.2, 0.25) is 5.91 Å². The molecule has 0 saturated heterocycles. The Morgan fingerprint density at radius 2 is 1.74 bits per heavy atom. The van der Waals surface area contributed by atoms with Crippen molar-refractivity contribution in [3.63, 3.8) is 0 Å². The Labute approximate surface area is 134 Å². The number of hydrogen-bond donors (Lipinski definition) is 2. The molecule has 0 bridgehead atoms. The van der Waals surface area contributed by atoms with E-state index in [1.807, 2.05) is 13.8 Å². The molecule has 0 aliphatic heterocycles. The van der Waals surface area contributed by atoms with Crippen LogP contribution in [-0.2, 0) is 4.79 Å². The molecular weight excluding hydrogens is 298 g/mol. The van der Waals surface area contributed by atoms with Crippen molar-refractivity contribution in [2.75, 3.05) is 11.9 Å². The standard InChI is InChI=1S/C18H20F2N2O/c1-12(2)18(13-6-8-14(19)9-7-13)21-11-17(23)22-16-5-3-4-15(20)10-16/h3-10,12,18,21H,11H2,1-2H3,(H,22,23)/t18-/m1/s1. The van der Waals surface area contributed by atoms with Crippen LogP contribution in [-0.4, -0.2) is 12.5 Å². The number of benzene rings is 2. The minimum atomic E-state index is -0.401. The van der Waals surface area contributed by atoms with Crippen LogP contribution in [0.3, 0.4) is 0 Å². The van der Waals surface area contributed by atoms with Gasteiger partial charge in [0.25, 0.3) is 0 Å². The highest BCUT2D eigenvalue weighted by atomic mass is 19.1. The van der Waals surface area contributed by atoms with E-state index in [1.54, 1.807) is 18.2 Å². The SMILES string of the molecule is CC(C)[C@@H](NCC(=O)Nc1cccc(F)c1)c1ccc(F)cc1. The Balaban J connectivity index is 1.96. The van der Waals surface area contributed by atoms with E-state index in [0.29, 0.717) is 5.69 Å². The van der Waals surface area contributed by atoms with Gasteiger partial charge < -0.3 is 10.6 Å². The first kappa shape index (κ1) is 17.1. The summed E-state index contributed by atoms with van der Waals surface area (Å²) in [5.74, 6) is -0.729. The molecule has 23 heavy (non-hydrogen) atoms. The maximum atomic E-state index is 13.1. The number of anilines is 1. The van der Waals surface area contributed by atoms with Crippen molar-refractivity contribution in [1.82, 2.24) is 5.32 Å². The minimum Gasteiger partial charge on any atom is -0.325 e. The number of hydrogen-bond acceptors (Lipinski definition) is 2. The lowest BCUT2D eigenvalue weighted by Gasteiger charge is -2.22. The van der Waals surface area contributed by atoms with Crippen molar-refractivity contribution in [3.05, 3.63) is 65.7 Å². The summed E-state index contributed by atoms with van der Waals surface area (Å²) >= 11 is 0. The number of halogens is 2. The maximum Gasteiger partial charge on any atom is 0.238 e. The molecule has 0 spiro atoms. The summed E-state index contributed by atoms with van der Waals surface area (Å²) in [7, 11) is 0. The smallest absolute Gasteiger partial charge is 0.238 e. The molecule has 2 N–H and O–H groups in total. The van der Waals surface area contributed by atoms with Crippen molar-refractivity contribution in [2.24, 2.45) is 5.92 Å². The quantitative estimate of drug-likeness (QED) is 0.848. The van der Waals surface area contributed by atoms with Crippen molar-refractivity contribution < 1.29 is 13.6 Å². The van der Waals surface area contributed by atoms with Gasteiger partial charge in [-0.05, 0) is 41.8 Å². The molecule has 1 amide bonds. The molecule has 2 aromatic rings. The van der Waals surface area contributed by atoms with Crippen LogP contribution in [0.25, 0.3) is 0 Å². The second-order valence-electron chi connectivity index (χ2n) is 5.71. The maximum absolute atomic E-state index is 13.1. The highest BCUT2D eigenvalue weighted by Gasteiger charge is 2.16. The van der Waals surface area contributed by atoms with Crippen LogP contribution in [0.2, 0.25) is 0 Å². The van der Waals surface area contributed by atoms with Gasteiger partial charge in [0.15, 0.2) is 0 Å². The first-order valence-corrected chi connectivity index (χ1v) is 7.50. The average molecular weight is 318 g/mol. The molecule has 1 atom stereocenters. The van der Waals surface area contributed by atoms with Gasteiger partial charge in [-0.25, -0.2) is 8.78 Å². The van der Waals surface area contributed by atoms with Crippen LogP contribution in [0.4, 0.5) is 14.5 Å². The molecule has 122 valence electrons. The van der Waals surface area contributed by atoms with Crippen molar-refractivity contribution in [2.45, 2.75) is 19.9 Å². The third kappa shape index (κ3) is 5.14. The van der Waals surface area contributed by atoms with Gasteiger partial charge in [0, 0.05) is 11.7 Å². The van der Waals surface area contributed by atoms with Gasteiger partial charge in [-0.1, -0.05) is 32.0 Å². The Morgan fingerprint density at radius 1 is 1.04 bits per heavy atom. The summed E-state index contributed by atoms with van der Waals surface area (Å²) in [6.45, 7) is 4.12. The van der Waals surface area contributed by atoms with Crippen LogP contribution in [0, 0.1) is 17.6 Å². The zero-order chi connectivity index (χ0) is 16.8. The second kappa shape index (κ2) is 7.83. The summed E-state index contributed by atoms with van der Waals surface area (Å²) < 4.78 is 26.1. The molecule has 5 heteroatoms. The van der Waals surface area contributed by atoms with E-state index >= 15 is 0 Å². The normalized spacial score (nSPS) is 12.2. The van der Waals surface area contributed by atoms with Gasteiger partial charge in [-0.2, -0.15) is 0 Å². The predicted octanol–water partition coefficient (Wildman–Crippen LogP) is 3.89. The number of carbonyl (C=O) groups is 1. The lowest BCUT2D eigenvalue weighted by atomic mass is 9.96. The summed E-state index contributed by atoms with van der Waals surface area (Å²) in [5, 5.41) is 5.80. The van der Waals surface area contributed by atoms with E-state index in [9.17, 15) is 13.6 Å². The van der Waals surface area contributed by atoms with Crippen LogP contribution in [0.15, 0.2) is 48.5 Å². The summed E-state index contributed by atoms with van der Waals surface area (Å²) in [4.78, 5) is 12.0. The number of rotatable bonds is 6. The molecule has 2 aromatic carbocycles. The van der Waals surface area contributed by atoms with Crippen LogP contribution >= 0.6 is 0 Å². The third-order valence-corrected chi connectivity index (χ3v) is 3.49. The van der Waals surface area contributed by atoms with E-state index in [0.717, 1.165) is 5.56 Å². The molecular formula is C18H20F2N2O. The lowest BCUT2D eigenvalue weighted by Crippen LogP contribution is -2.33. The average Bonchev–Trinajstić information content (AvgIpc) is 2.49. The summed E-state index contributed by atoms with van der Waals surface area (Å²) in [5.41, 5.74) is 1.33. The Morgan fingerprint density at radius 3 is 2.35 bits per heavy atom. The van der Waals surface area contributed by atoms with E-state index in [4.69, 9.17) is 0 Å². The fourth-order valence-corrected chi connectivity index (χ4v) is 2.38. The van der Waals surface area contributed by atoms with E-state index in [-0.39, 0.29) is 30.2 Å². The number of nitrogens with one attached hydrogen (secondary N) is 2. The van der Waals surface area contributed by atoms with Crippen molar-refractivity contribution in [1.29, 1.82) is 0 Å². The largest absolute Gasteiger partial charge is 0.325 e. The van der Waals surface area contributed by atoms with Crippen LogP contribution in [0.5, 0.6) is 0 Å². The second-order valence-corrected chi connectivity index (χ2v) is 5.71. The fourth-order valence-electron chi connectivity index (χ4n) is 2.38.